The van der Waals surface area contributed by atoms with E-state index in [4.69, 9.17) is 4.74 Å². The van der Waals surface area contributed by atoms with E-state index in [1.165, 1.54) is 19.1 Å². The van der Waals surface area contributed by atoms with Crippen LogP contribution >= 0.6 is 0 Å². The van der Waals surface area contributed by atoms with Crippen LogP contribution in [0, 0.1) is 12.7 Å². The molecule has 14 heavy (non-hydrogen) atoms. The zero-order valence-electron chi connectivity index (χ0n) is 8.56. The number of ether oxygens (including phenoxy) is 1. The van der Waals surface area contributed by atoms with Gasteiger partial charge in [0, 0.05) is 0 Å². The maximum atomic E-state index is 13.2. The third-order valence-corrected chi connectivity index (χ3v) is 2.01. The first kappa shape index (κ1) is 10.7. The molecule has 1 aromatic carbocycles. The molecule has 0 aromatic heterocycles. The van der Waals surface area contributed by atoms with Gasteiger partial charge >= 0.3 is 0 Å². The lowest BCUT2D eigenvalue weighted by Gasteiger charge is -2.10. The summed E-state index contributed by atoms with van der Waals surface area (Å²) in [5.41, 5.74) is 0.690. The van der Waals surface area contributed by atoms with Crippen LogP contribution < -0.4 is 4.74 Å². The van der Waals surface area contributed by atoms with Gasteiger partial charge in [0.2, 0.25) is 0 Å². The van der Waals surface area contributed by atoms with Gasteiger partial charge in [-0.25, -0.2) is 4.39 Å². The molecule has 0 fully saturated rings. The Morgan fingerprint density at radius 1 is 1.50 bits per heavy atom. The zero-order chi connectivity index (χ0) is 10.7. The van der Waals surface area contributed by atoms with Crippen LogP contribution in [0.4, 0.5) is 4.39 Å². The Morgan fingerprint density at radius 3 is 2.64 bits per heavy atom. The van der Waals surface area contributed by atoms with E-state index in [1.54, 1.807) is 6.92 Å². The van der Waals surface area contributed by atoms with Crippen molar-refractivity contribution < 1.29 is 13.9 Å². The number of benzene rings is 1. The number of ketones is 1. The summed E-state index contributed by atoms with van der Waals surface area (Å²) >= 11 is 0. The summed E-state index contributed by atoms with van der Waals surface area (Å²) in [6.45, 7) is 5.27. The third kappa shape index (κ3) is 1.92. The van der Waals surface area contributed by atoms with Gasteiger partial charge in [-0.1, -0.05) is 0 Å². The standard InChI is InChI=1S/C11H13FO2/c1-4-14-10-6-5-9(12)7(2)11(10)8(3)13/h5-6H,4H2,1-3H3. The summed E-state index contributed by atoms with van der Waals surface area (Å²) in [6, 6.07) is 2.80. The number of carbonyl (C=O) groups excluding carboxylic acids is 1. The number of carbonyl (C=O) groups is 1. The molecule has 0 aliphatic rings. The fourth-order valence-corrected chi connectivity index (χ4v) is 1.37. The largest absolute Gasteiger partial charge is 0.493 e. The molecule has 0 heterocycles. The molecule has 0 amide bonds. The molecular formula is C11H13FO2. The van der Waals surface area contributed by atoms with Crippen molar-refractivity contribution in [3.05, 3.63) is 29.1 Å². The predicted octanol–water partition coefficient (Wildman–Crippen LogP) is 2.74. The first-order valence-electron chi connectivity index (χ1n) is 4.50. The van der Waals surface area contributed by atoms with Crippen LogP contribution in [-0.2, 0) is 0 Å². The van der Waals surface area contributed by atoms with Crippen molar-refractivity contribution in [1.29, 1.82) is 0 Å². The number of rotatable bonds is 3. The molecule has 0 N–H and O–H groups in total. The summed E-state index contributed by atoms with van der Waals surface area (Å²) in [5.74, 6) is -0.0944. The second-order valence-electron chi connectivity index (χ2n) is 3.03. The highest BCUT2D eigenvalue weighted by Gasteiger charge is 2.14. The fraction of sp³-hybridized carbons (Fsp3) is 0.364. The second-order valence-corrected chi connectivity index (χ2v) is 3.03. The van der Waals surface area contributed by atoms with Crippen molar-refractivity contribution in [1.82, 2.24) is 0 Å². The molecule has 0 spiro atoms. The minimum absolute atomic E-state index is 0.176. The van der Waals surface area contributed by atoms with Gasteiger partial charge < -0.3 is 4.74 Å². The first-order chi connectivity index (χ1) is 6.57. The van der Waals surface area contributed by atoms with E-state index >= 15 is 0 Å². The van der Waals surface area contributed by atoms with Crippen LogP contribution in [0.25, 0.3) is 0 Å². The smallest absolute Gasteiger partial charge is 0.163 e. The van der Waals surface area contributed by atoms with Gasteiger partial charge in [0.25, 0.3) is 0 Å². The van der Waals surface area contributed by atoms with Gasteiger partial charge in [-0.2, -0.15) is 0 Å². The molecule has 1 rings (SSSR count). The SMILES string of the molecule is CCOc1ccc(F)c(C)c1C(C)=O. The molecule has 2 nitrogen and oxygen atoms in total. The van der Waals surface area contributed by atoms with Crippen molar-refractivity contribution >= 4 is 5.78 Å². The molecule has 0 aliphatic carbocycles. The normalized spacial score (nSPS) is 10.0. The van der Waals surface area contributed by atoms with E-state index in [2.05, 4.69) is 0 Å². The fourth-order valence-electron chi connectivity index (χ4n) is 1.37. The van der Waals surface area contributed by atoms with Crippen LogP contribution in [0.1, 0.15) is 29.8 Å². The van der Waals surface area contributed by atoms with Gasteiger partial charge in [0.15, 0.2) is 5.78 Å². The molecule has 1 aromatic rings. The molecule has 0 aliphatic heterocycles. The summed E-state index contributed by atoms with van der Waals surface area (Å²) < 4.78 is 18.4. The second kappa shape index (κ2) is 4.22. The Labute approximate surface area is 82.7 Å². The molecular weight excluding hydrogens is 183 g/mol. The summed E-state index contributed by atoms with van der Waals surface area (Å²) in [4.78, 5) is 11.3. The Morgan fingerprint density at radius 2 is 2.14 bits per heavy atom. The minimum atomic E-state index is -0.376. The Bertz CT molecular complexity index is 359. The summed E-state index contributed by atoms with van der Waals surface area (Å²) in [7, 11) is 0. The van der Waals surface area contributed by atoms with Crippen LogP contribution in [0.3, 0.4) is 0 Å². The molecule has 76 valence electrons. The van der Waals surface area contributed by atoms with Crippen molar-refractivity contribution in [2.45, 2.75) is 20.8 Å². The number of hydrogen-bond acceptors (Lipinski definition) is 2. The van der Waals surface area contributed by atoms with E-state index < -0.39 is 0 Å². The van der Waals surface area contributed by atoms with Crippen molar-refractivity contribution in [3.63, 3.8) is 0 Å². The van der Waals surface area contributed by atoms with Crippen molar-refractivity contribution in [3.8, 4) is 5.75 Å². The topological polar surface area (TPSA) is 26.3 Å². The van der Waals surface area contributed by atoms with Crippen LogP contribution in [-0.4, -0.2) is 12.4 Å². The first-order valence-corrected chi connectivity index (χ1v) is 4.50. The maximum Gasteiger partial charge on any atom is 0.163 e. The highest BCUT2D eigenvalue weighted by molar-refractivity contribution is 5.98. The molecule has 0 saturated carbocycles. The molecule has 0 bridgehead atoms. The predicted molar refractivity (Wildman–Crippen MR) is 52.3 cm³/mol. The maximum absolute atomic E-state index is 13.2. The lowest BCUT2D eigenvalue weighted by molar-refractivity contribution is 0.101. The number of halogens is 1. The third-order valence-electron chi connectivity index (χ3n) is 2.01. The average molecular weight is 196 g/mol. The average Bonchev–Trinajstić information content (AvgIpc) is 2.11. The quantitative estimate of drug-likeness (QED) is 0.695. The molecule has 0 atom stereocenters. The van der Waals surface area contributed by atoms with E-state index in [1.807, 2.05) is 6.92 Å². The highest BCUT2D eigenvalue weighted by Crippen LogP contribution is 2.24. The number of Topliss-reactive ketones (excluding diaryl/α,β-unsaturated/α-hetero) is 1. The Hall–Kier alpha value is -1.38. The summed E-state index contributed by atoms with van der Waals surface area (Å²) in [6.07, 6.45) is 0. The van der Waals surface area contributed by atoms with Gasteiger partial charge in [-0.15, -0.1) is 0 Å². The van der Waals surface area contributed by atoms with Crippen molar-refractivity contribution in [2.75, 3.05) is 6.61 Å². The van der Waals surface area contributed by atoms with E-state index in [0.717, 1.165) is 0 Å². The monoisotopic (exact) mass is 196 g/mol. The Balaban J connectivity index is 3.30. The van der Waals surface area contributed by atoms with Crippen LogP contribution in [0.2, 0.25) is 0 Å². The van der Waals surface area contributed by atoms with E-state index in [9.17, 15) is 9.18 Å². The van der Waals surface area contributed by atoms with E-state index in [-0.39, 0.29) is 11.6 Å². The summed E-state index contributed by atoms with van der Waals surface area (Å²) in [5, 5.41) is 0. The Kier molecular flexibility index (Phi) is 3.23. The highest BCUT2D eigenvalue weighted by atomic mass is 19.1. The van der Waals surface area contributed by atoms with E-state index in [0.29, 0.717) is 23.5 Å². The van der Waals surface area contributed by atoms with Crippen LogP contribution in [0.15, 0.2) is 12.1 Å². The number of hydrogen-bond donors (Lipinski definition) is 0. The molecule has 0 saturated heterocycles. The molecule has 0 unspecified atom stereocenters. The van der Waals surface area contributed by atoms with Gasteiger partial charge in [-0.05, 0) is 38.5 Å². The van der Waals surface area contributed by atoms with Gasteiger partial charge in [-0.3, -0.25) is 4.79 Å². The zero-order valence-corrected chi connectivity index (χ0v) is 8.56. The minimum Gasteiger partial charge on any atom is -0.493 e. The van der Waals surface area contributed by atoms with Crippen molar-refractivity contribution in [2.24, 2.45) is 0 Å². The van der Waals surface area contributed by atoms with Gasteiger partial charge in [0.05, 0.1) is 12.2 Å². The molecule has 3 heteroatoms. The van der Waals surface area contributed by atoms with Gasteiger partial charge in [0.1, 0.15) is 11.6 Å². The lowest BCUT2D eigenvalue weighted by Crippen LogP contribution is -2.04. The van der Waals surface area contributed by atoms with Crippen LogP contribution in [0.5, 0.6) is 5.75 Å². The lowest BCUT2D eigenvalue weighted by atomic mass is 10.0. The molecule has 0 radical (unpaired) electrons.